The molecule has 2 rings (SSSR count). The van der Waals surface area contributed by atoms with E-state index in [0.717, 1.165) is 12.8 Å². The van der Waals surface area contributed by atoms with E-state index in [2.05, 4.69) is 0 Å². The topological polar surface area (TPSA) is 63.4 Å². The summed E-state index contributed by atoms with van der Waals surface area (Å²) in [6.45, 7) is 2.83. The predicted octanol–water partition coefficient (Wildman–Crippen LogP) is 2.74. The van der Waals surface area contributed by atoms with Crippen molar-refractivity contribution in [1.82, 2.24) is 4.31 Å². The molecule has 2 N–H and O–H groups in total. The third-order valence-corrected chi connectivity index (χ3v) is 6.09. The molecule has 0 aliphatic carbocycles. The lowest BCUT2D eigenvalue weighted by Gasteiger charge is -2.38. The summed E-state index contributed by atoms with van der Waals surface area (Å²) in [6.07, 6.45) is 1.83. The van der Waals surface area contributed by atoms with E-state index < -0.39 is 10.0 Å². The zero-order valence-corrected chi connectivity index (χ0v) is 13.5. The highest BCUT2D eigenvalue weighted by molar-refractivity contribution is 7.89. The van der Waals surface area contributed by atoms with Gasteiger partial charge in [0.15, 0.2) is 0 Å². The first-order chi connectivity index (χ1) is 9.36. The van der Waals surface area contributed by atoms with Gasteiger partial charge in [-0.1, -0.05) is 30.1 Å². The Morgan fingerprint density at radius 3 is 2.45 bits per heavy atom. The van der Waals surface area contributed by atoms with Crippen molar-refractivity contribution in [3.8, 4) is 0 Å². The SMILES string of the molecule is CC1CCCN(S(=O)(=O)c2cc(Cl)cc(Cl)c2)C1CN. The lowest BCUT2D eigenvalue weighted by atomic mass is 9.93. The molecule has 2 atom stereocenters. The second kappa shape index (κ2) is 6.20. The van der Waals surface area contributed by atoms with E-state index in [9.17, 15) is 8.42 Å². The molecule has 1 aliphatic rings. The average Bonchev–Trinajstić information content (AvgIpc) is 2.37. The molecule has 1 aromatic rings. The van der Waals surface area contributed by atoms with Crippen LogP contribution in [0.1, 0.15) is 19.8 Å². The van der Waals surface area contributed by atoms with Crippen molar-refractivity contribution in [2.75, 3.05) is 13.1 Å². The van der Waals surface area contributed by atoms with Crippen LogP contribution in [0.4, 0.5) is 0 Å². The Labute approximate surface area is 129 Å². The summed E-state index contributed by atoms with van der Waals surface area (Å²) < 4.78 is 27.0. The van der Waals surface area contributed by atoms with Crippen molar-refractivity contribution in [3.63, 3.8) is 0 Å². The first kappa shape index (κ1) is 16.0. The van der Waals surface area contributed by atoms with E-state index in [1.807, 2.05) is 6.92 Å². The van der Waals surface area contributed by atoms with Gasteiger partial charge in [-0.15, -0.1) is 0 Å². The molecule has 0 radical (unpaired) electrons. The fourth-order valence-electron chi connectivity index (χ4n) is 2.67. The number of hydrogen-bond donors (Lipinski definition) is 1. The predicted molar refractivity (Wildman–Crippen MR) is 81.6 cm³/mol. The molecule has 20 heavy (non-hydrogen) atoms. The first-order valence-corrected chi connectivity index (χ1v) is 8.74. The minimum Gasteiger partial charge on any atom is -0.329 e. The number of piperidine rings is 1. The second-order valence-electron chi connectivity index (χ2n) is 5.14. The van der Waals surface area contributed by atoms with Gasteiger partial charge >= 0.3 is 0 Å². The Bertz CT molecular complexity index is 572. The van der Waals surface area contributed by atoms with Gasteiger partial charge in [-0.25, -0.2) is 8.42 Å². The van der Waals surface area contributed by atoms with Gasteiger partial charge in [0.05, 0.1) is 4.90 Å². The summed E-state index contributed by atoms with van der Waals surface area (Å²) in [5, 5.41) is 0.621. The normalized spacial score (nSPS) is 24.8. The van der Waals surface area contributed by atoms with Crippen molar-refractivity contribution in [2.45, 2.75) is 30.7 Å². The van der Waals surface area contributed by atoms with E-state index in [4.69, 9.17) is 28.9 Å². The maximum Gasteiger partial charge on any atom is 0.243 e. The molecule has 1 aliphatic heterocycles. The Morgan fingerprint density at radius 1 is 1.30 bits per heavy atom. The van der Waals surface area contributed by atoms with Gasteiger partial charge in [-0.2, -0.15) is 4.31 Å². The molecule has 112 valence electrons. The zero-order chi connectivity index (χ0) is 14.9. The summed E-state index contributed by atoms with van der Waals surface area (Å²) in [4.78, 5) is 0.127. The quantitative estimate of drug-likeness (QED) is 0.922. The van der Waals surface area contributed by atoms with Crippen LogP contribution in [0.3, 0.4) is 0 Å². The molecular weight excluding hydrogens is 319 g/mol. The Morgan fingerprint density at radius 2 is 1.90 bits per heavy atom. The van der Waals surface area contributed by atoms with Crippen LogP contribution in [0, 0.1) is 5.92 Å². The summed E-state index contributed by atoms with van der Waals surface area (Å²) in [7, 11) is -3.62. The largest absolute Gasteiger partial charge is 0.329 e. The monoisotopic (exact) mass is 336 g/mol. The van der Waals surface area contributed by atoms with E-state index in [0.29, 0.717) is 23.1 Å². The van der Waals surface area contributed by atoms with Crippen LogP contribution in [0.15, 0.2) is 23.1 Å². The minimum atomic E-state index is -3.62. The zero-order valence-electron chi connectivity index (χ0n) is 11.2. The van der Waals surface area contributed by atoms with Gasteiger partial charge in [0.2, 0.25) is 10.0 Å². The lowest BCUT2D eigenvalue weighted by molar-refractivity contribution is 0.192. The first-order valence-electron chi connectivity index (χ1n) is 6.54. The molecular formula is C13H18Cl2N2O2S. The summed E-state index contributed by atoms with van der Waals surface area (Å²) >= 11 is 11.8. The van der Waals surface area contributed by atoms with Crippen molar-refractivity contribution >= 4 is 33.2 Å². The highest BCUT2D eigenvalue weighted by Crippen LogP contribution is 2.31. The standard InChI is InChI=1S/C13H18Cl2N2O2S/c1-9-3-2-4-17(13(9)8-16)20(18,19)12-6-10(14)5-11(15)7-12/h5-7,9,13H,2-4,8,16H2,1H3. The number of benzene rings is 1. The van der Waals surface area contributed by atoms with Crippen LogP contribution in [-0.2, 0) is 10.0 Å². The van der Waals surface area contributed by atoms with Gasteiger partial charge < -0.3 is 5.73 Å². The molecule has 0 amide bonds. The third kappa shape index (κ3) is 3.12. The van der Waals surface area contributed by atoms with E-state index in [-0.39, 0.29) is 16.9 Å². The summed E-state index contributed by atoms with van der Waals surface area (Å²) in [6, 6.07) is 4.19. The maximum atomic E-state index is 12.8. The third-order valence-electron chi connectivity index (χ3n) is 3.75. The average molecular weight is 337 g/mol. The number of hydrogen-bond acceptors (Lipinski definition) is 3. The molecule has 1 fully saturated rings. The number of halogens is 2. The van der Waals surface area contributed by atoms with E-state index in [1.165, 1.54) is 22.5 Å². The van der Waals surface area contributed by atoms with Crippen molar-refractivity contribution in [3.05, 3.63) is 28.2 Å². The highest BCUT2D eigenvalue weighted by atomic mass is 35.5. The number of sulfonamides is 1. The van der Waals surface area contributed by atoms with Crippen molar-refractivity contribution in [1.29, 1.82) is 0 Å². The van der Waals surface area contributed by atoms with E-state index in [1.54, 1.807) is 0 Å². The van der Waals surface area contributed by atoms with Gasteiger partial charge in [0.25, 0.3) is 0 Å². The number of nitrogens with two attached hydrogens (primary N) is 1. The fraction of sp³-hybridized carbons (Fsp3) is 0.538. The molecule has 1 saturated heterocycles. The maximum absolute atomic E-state index is 12.8. The molecule has 0 aromatic heterocycles. The fourth-order valence-corrected chi connectivity index (χ4v) is 5.17. The van der Waals surface area contributed by atoms with Gasteiger partial charge in [-0.05, 0) is 37.0 Å². The van der Waals surface area contributed by atoms with Crippen molar-refractivity contribution < 1.29 is 8.42 Å². The van der Waals surface area contributed by atoms with Crippen LogP contribution in [0.5, 0.6) is 0 Å². The van der Waals surface area contributed by atoms with Gasteiger partial charge in [0, 0.05) is 29.2 Å². The molecule has 0 saturated carbocycles. The molecule has 1 heterocycles. The molecule has 0 bridgehead atoms. The lowest BCUT2D eigenvalue weighted by Crippen LogP contribution is -2.51. The van der Waals surface area contributed by atoms with Crippen LogP contribution in [-0.4, -0.2) is 31.9 Å². The molecule has 4 nitrogen and oxygen atoms in total. The van der Waals surface area contributed by atoms with E-state index >= 15 is 0 Å². The van der Waals surface area contributed by atoms with Crippen LogP contribution in [0.2, 0.25) is 10.0 Å². The summed E-state index contributed by atoms with van der Waals surface area (Å²) in [5.41, 5.74) is 5.76. The Balaban J connectivity index is 2.42. The van der Waals surface area contributed by atoms with Crippen LogP contribution >= 0.6 is 23.2 Å². The minimum absolute atomic E-state index is 0.127. The number of rotatable bonds is 3. The van der Waals surface area contributed by atoms with Gasteiger partial charge in [-0.3, -0.25) is 0 Å². The molecule has 0 spiro atoms. The Kier molecular flexibility index (Phi) is 4.97. The van der Waals surface area contributed by atoms with Crippen LogP contribution in [0.25, 0.3) is 0 Å². The Hall–Kier alpha value is -0.330. The molecule has 2 unspecified atom stereocenters. The summed E-state index contributed by atoms with van der Waals surface area (Å²) in [5.74, 6) is 0.248. The van der Waals surface area contributed by atoms with Crippen LogP contribution < -0.4 is 5.73 Å². The highest BCUT2D eigenvalue weighted by Gasteiger charge is 2.36. The number of nitrogens with zero attached hydrogens (tertiary/aromatic N) is 1. The van der Waals surface area contributed by atoms with Crippen molar-refractivity contribution in [2.24, 2.45) is 11.7 Å². The second-order valence-corrected chi connectivity index (χ2v) is 7.91. The van der Waals surface area contributed by atoms with Gasteiger partial charge in [0.1, 0.15) is 0 Å². The molecule has 1 aromatic carbocycles. The molecule has 7 heteroatoms. The smallest absolute Gasteiger partial charge is 0.243 e.